The van der Waals surface area contributed by atoms with Crippen LogP contribution in [0.4, 0.5) is 0 Å². The Labute approximate surface area is 117 Å². The molecule has 0 heterocycles. The highest BCUT2D eigenvalue weighted by molar-refractivity contribution is 9.09. The zero-order chi connectivity index (χ0) is 12.3. The van der Waals surface area contributed by atoms with Crippen molar-refractivity contribution in [3.05, 3.63) is 28.8 Å². The summed E-state index contributed by atoms with van der Waals surface area (Å²) in [5, 5.41) is 0.798. The van der Waals surface area contributed by atoms with Gasteiger partial charge in [-0.25, -0.2) is 0 Å². The van der Waals surface area contributed by atoms with E-state index >= 15 is 0 Å². The van der Waals surface area contributed by atoms with Crippen molar-refractivity contribution in [2.75, 3.05) is 7.11 Å². The van der Waals surface area contributed by atoms with Crippen LogP contribution < -0.4 is 4.74 Å². The number of alkyl halides is 1. The lowest BCUT2D eigenvalue weighted by atomic mass is 9.84. The molecule has 0 spiro atoms. The molecule has 0 saturated heterocycles. The Bertz CT molecular complexity index is 380. The van der Waals surface area contributed by atoms with E-state index in [1.165, 1.54) is 31.2 Å². The van der Waals surface area contributed by atoms with Gasteiger partial charge in [0.2, 0.25) is 0 Å². The number of benzene rings is 1. The van der Waals surface area contributed by atoms with Crippen LogP contribution in [0.25, 0.3) is 0 Å². The molecule has 0 radical (unpaired) electrons. The van der Waals surface area contributed by atoms with Gasteiger partial charge in [0.25, 0.3) is 0 Å². The molecule has 1 nitrogen and oxygen atoms in total. The second-order valence-electron chi connectivity index (χ2n) is 4.79. The smallest absolute Gasteiger partial charge is 0.122 e. The molecule has 0 aromatic heterocycles. The molecule has 17 heavy (non-hydrogen) atoms. The van der Waals surface area contributed by atoms with Crippen molar-refractivity contribution in [2.24, 2.45) is 5.92 Å². The zero-order valence-electron chi connectivity index (χ0n) is 10.1. The van der Waals surface area contributed by atoms with E-state index in [1.807, 2.05) is 18.2 Å². The van der Waals surface area contributed by atoms with E-state index in [1.54, 1.807) is 7.11 Å². The van der Waals surface area contributed by atoms with Crippen LogP contribution in [-0.4, -0.2) is 11.9 Å². The van der Waals surface area contributed by atoms with Crippen LogP contribution in [0.1, 0.15) is 31.2 Å². The Hall–Kier alpha value is -0.210. The van der Waals surface area contributed by atoms with E-state index in [2.05, 4.69) is 15.9 Å². The predicted octanol–water partition coefficient (Wildman–Crippen LogP) is 4.84. The standard InChI is InChI=1S/C14H18BrClO/c1-17-14-6-5-13(16)9-11(14)7-10-3-2-4-12(15)8-10/h5-6,9-10,12H,2-4,7-8H2,1H3. The third-order valence-electron chi connectivity index (χ3n) is 3.47. The summed E-state index contributed by atoms with van der Waals surface area (Å²) in [7, 11) is 1.72. The molecule has 1 saturated carbocycles. The fourth-order valence-corrected chi connectivity index (χ4v) is 3.68. The second-order valence-corrected chi connectivity index (χ2v) is 6.52. The van der Waals surface area contributed by atoms with E-state index < -0.39 is 0 Å². The average Bonchev–Trinajstić information content (AvgIpc) is 2.29. The van der Waals surface area contributed by atoms with Crippen molar-refractivity contribution in [2.45, 2.75) is 36.9 Å². The molecule has 0 N–H and O–H groups in total. The van der Waals surface area contributed by atoms with Crippen LogP contribution in [0.3, 0.4) is 0 Å². The van der Waals surface area contributed by atoms with Gasteiger partial charge in [0.05, 0.1) is 7.11 Å². The molecule has 0 aliphatic heterocycles. The lowest BCUT2D eigenvalue weighted by Gasteiger charge is -2.26. The van der Waals surface area contributed by atoms with Crippen molar-refractivity contribution in [3.63, 3.8) is 0 Å². The molecular weight excluding hydrogens is 300 g/mol. The zero-order valence-corrected chi connectivity index (χ0v) is 12.4. The summed E-state index contributed by atoms with van der Waals surface area (Å²) in [6.45, 7) is 0. The molecule has 0 bridgehead atoms. The molecule has 2 unspecified atom stereocenters. The number of methoxy groups -OCH3 is 1. The van der Waals surface area contributed by atoms with Gasteiger partial charge in [0.15, 0.2) is 0 Å². The van der Waals surface area contributed by atoms with Crippen molar-refractivity contribution in [3.8, 4) is 5.75 Å². The molecule has 3 heteroatoms. The quantitative estimate of drug-likeness (QED) is 0.724. The van der Waals surface area contributed by atoms with E-state index in [9.17, 15) is 0 Å². The van der Waals surface area contributed by atoms with Gasteiger partial charge < -0.3 is 4.74 Å². The maximum atomic E-state index is 6.06. The van der Waals surface area contributed by atoms with Gasteiger partial charge in [0, 0.05) is 9.85 Å². The lowest BCUT2D eigenvalue weighted by molar-refractivity contribution is 0.357. The van der Waals surface area contributed by atoms with E-state index in [-0.39, 0.29) is 0 Å². The van der Waals surface area contributed by atoms with Gasteiger partial charge in [-0.1, -0.05) is 40.4 Å². The second kappa shape index (κ2) is 6.10. The fourth-order valence-electron chi connectivity index (χ4n) is 2.63. The van der Waals surface area contributed by atoms with E-state index in [0.717, 1.165) is 23.1 Å². The maximum Gasteiger partial charge on any atom is 0.122 e. The SMILES string of the molecule is COc1ccc(Cl)cc1CC1CCCC(Br)C1. The van der Waals surface area contributed by atoms with Crippen molar-refractivity contribution in [1.29, 1.82) is 0 Å². The Morgan fingerprint density at radius 2 is 2.24 bits per heavy atom. The molecular formula is C14H18BrClO. The topological polar surface area (TPSA) is 9.23 Å². The van der Waals surface area contributed by atoms with Crippen LogP contribution in [0.2, 0.25) is 5.02 Å². The first kappa shape index (κ1) is 13.2. The number of ether oxygens (including phenoxy) is 1. The van der Waals surface area contributed by atoms with Crippen molar-refractivity contribution >= 4 is 27.5 Å². The van der Waals surface area contributed by atoms with Crippen LogP contribution in [-0.2, 0) is 6.42 Å². The van der Waals surface area contributed by atoms with Crippen molar-refractivity contribution in [1.82, 2.24) is 0 Å². The molecule has 0 amide bonds. The highest BCUT2D eigenvalue weighted by atomic mass is 79.9. The molecule has 2 atom stereocenters. The molecule has 1 aromatic carbocycles. The normalized spacial score (nSPS) is 24.6. The van der Waals surface area contributed by atoms with Gasteiger partial charge in [-0.3, -0.25) is 0 Å². The van der Waals surface area contributed by atoms with Gasteiger partial charge >= 0.3 is 0 Å². The summed E-state index contributed by atoms with van der Waals surface area (Å²) in [6, 6.07) is 5.89. The monoisotopic (exact) mass is 316 g/mol. The summed E-state index contributed by atoms with van der Waals surface area (Å²) in [6.07, 6.45) is 6.28. The Morgan fingerprint density at radius 3 is 2.94 bits per heavy atom. The van der Waals surface area contributed by atoms with Crippen LogP contribution in [0.15, 0.2) is 18.2 Å². The molecule has 94 valence electrons. The fraction of sp³-hybridized carbons (Fsp3) is 0.571. The molecule has 1 aliphatic rings. The molecule has 1 aromatic rings. The number of hydrogen-bond acceptors (Lipinski definition) is 1. The largest absolute Gasteiger partial charge is 0.496 e. The highest BCUT2D eigenvalue weighted by Crippen LogP contribution is 2.34. The first-order valence-electron chi connectivity index (χ1n) is 6.15. The maximum absolute atomic E-state index is 6.06. The summed E-state index contributed by atoms with van der Waals surface area (Å²) >= 11 is 9.79. The Balaban J connectivity index is 2.08. The molecule has 2 rings (SSSR count). The van der Waals surface area contributed by atoms with E-state index in [0.29, 0.717) is 4.83 Å². The Kier molecular flexibility index (Phi) is 4.75. The van der Waals surface area contributed by atoms with E-state index in [4.69, 9.17) is 16.3 Å². The van der Waals surface area contributed by atoms with Gasteiger partial charge in [-0.15, -0.1) is 0 Å². The number of hydrogen-bond donors (Lipinski definition) is 0. The minimum absolute atomic E-state index is 0.687. The molecule has 1 aliphatic carbocycles. The van der Waals surface area contributed by atoms with Crippen molar-refractivity contribution < 1.29 is 4.74 Å². The Morgan fingerprint density at radius 1 is 1.41 bits per heavy atom. The third-order valence-corrected chi connectivity index (χ3v) is 4.54. The third kappa shape index (κ3) is 3.62. The average molecular weight is 318 g/mol. The van der Waals surface area contributed by atoms with Crippen LogP contribution >= 0.6 is 27.5 Å². The van der Waals surface area contributed by atoms with Crippen LogP contribution in [0, 0.1) is 5.92 Å². The molecule has 1 fully saturated rings. The number of rotatable bonds is 3. The first-order chi connectivity index (χ1) is 8.19. The predicted molar refractivity (Wildman–Crippen MR) is 76.4 cm³/mol. The number of halogens is 2. The van der Waals surface area contributed by atoms with Gasteiger partial charge in [-0.2, -0.15) is 0 Å². The van der Waals surface area contributed by atoms with Gasteiger partial charge in [-0.05, 0) is 48.9 Å². The summed E-state index contributed by atoms with van der Waals surface area (Å²) in [5.74, 6) is 1.71. The lowest BCUT2D eigenvalue weighted by Crippen LogP contribution is -2.17. The minimum Gasteiger partial charge on any atom is -0.496 e. The van der Waals surface area contributed by atoms with Gasteiger partial charge in [0.1, 0.15) is 5.75 Å². The van der Waals surface area contributed by atoms with Crippen LogP contribution in [0.5, 0.6) is 5.75 Å². The summed E-state index contributed by atoms with van der Waals surface area (Å²) in [4.78, 5) is 0.687. The highest BCUT2D eigenvalue weighted by Gasteiger charge is 2.21. The minimum atomic E-state index is 0.687. The first-order valence-corrected chi connectivity index (χ1v) is 7.45. The summed E-state index contributed by atoms with van der Waals surface area (Å²) in [5.41, 5.74) is 1.24. The summed E-state index contributed by atoms with van der Waals surface area (Å²) < 4.78 is 5.40.